The lowest BCUT2D eigenvalue weighted by Crippen LogP contribution is -2.06. The molecule has 0 unspecified atom stereocenters. The molecular formula is C13H17NO2. The summed E-state index contributed by atoms with van der Waals surface area (Å²) in [4.78, 5) is 15.6. The van der Waals surface area contributed by atoms with Gasteiger partial charge in [-0.25, -0.2) is 4.79 Å². The van der Waals surface area contributed by atoms with Crippen molar-refractivity contribution in [2.45, 2.75) is 19.8 Å². The molecule has 3 heteroatoms. The highest BCUT2D eigenvalue weighted by Gasteiger charge is 2.03. The Morgan fingerprint density at radius 3 is 2.81 bits per heavy atom. The van der Waals surface area contributed by atoms with Crippen LogP contribution in [0.5, 0.6) is 0 Å². The Balaban J connectivity index is 2.21. The van der Waals surface area contributed by atoms with E-state index in [1.165, 1.54) is 0 Å². The third kappa shape index (κ3) is 4.73. The van der Waals surface area contributed by atoms with Crippen LogP contribution in [0.25, 0.3) is 0 Å². The number of rotatable bonds is 6. The van der Waals surface area contributed by atoms with Gasteiger partial charge in [0.25, 0.3) is 0 Å². The van der Waals surface area contributed by atoms with Gasteiger partial charge in [-0.3, -0.25) is 4.99 Å². The minimum Gasteiger partial charge on any atom is -0.462 e. The first-order valence-electron chi connectivity index (χ1n) is 5.55. The zero-order valence-corrected chi connectivity index (χ0v) is 9.56. The smallest absolute Gasteiger partial charge is 0.338 e. The third-order valence-corrected chi connectivity index (χ3v) is 1.97. The van der Waals surface area contributed by atoms with E-state index in [2.05, 4.69) is 11.9 Å². The summed E-state index contributed by atoms with van der Waals surface area (Å²) in [5.41, 5.74) is 0.591. The van der Waals surface area contributed by atoms with Gasteiger partial charge in [0.05, 0.1) is 12.2 Å². The van der Waals surface area contributed by atoms with Crippen molar-refractivity contribution in [3.63, 3.8) is 0 Å². The van der Waals surface area contributed by atoms with E-state index in [0.29, 0.717) is 18.6 Å². The predicted octanol–water partition coefficient (Wildman–Crippen LogP) is 2.71. The number of hydrogen-bond donors (Lipinski definition) is 0. The van der Waals surface area contributed by atoms with Crippen LogP contribution < -0.4 is 0 Å². The van der Waals surface area contributed by atoms with Gasteiger partial charge in [0.1, 0.15) is 0 Å². The molecule has 0 atom stereocenters. The maximum absolute atomic E-state index is 11.5. The summed E-state index contributed by atoms with van der Waals surface area (Å²) in [6.07, 6.45) is 3.53. The molecule has 0 radical (unpaired) electrons. The van der Waals surface area contributed by atoms with Crippen molar-refractivity contribution in [1.82, 2.24) is 0 Å². The zero-order valence-electron chi connectivity index (χ0n) is 9.56. The van der Waals surface area contributed by atoms with Crippen LogP contribution in [0.15, 0.2) is 35.3 Å². The molecule has 0 amide bonds. The van der Waals surface area contributed by atoms with Crippen LogP contribution in [0.2, 0.25) is 0 Å². The van der Waals surface area contributed by atoms with E-state index in [4.69, 9.17) is 4.74 Å². The van der Waals surface area contributed by atoms with E-state index < -0.39 is 0 Å². The van der Waals surface area contributed by atoms with Crippen LogP contribution in [-0.2, 0) is 4.74 Å². The second-order valence-corrected chi connectivity index (χ2v) is 3.38. The van der Waals surface area contributed by atoms with E-state index in [1.807, 2.05) is 24.4 Å². The highest BCUT2D eigenvalue weighted by atomic mass is 16.5. The number of carbonyl (C=O) groups excluding carboxylic acids is 1. The average Bonchev–Trinajstić information content (AvgIpc) is 2.34. The molecule has 0 fully saturated rings. The van der Waals surface area contributed by atoms with Gasteiger partial charge in [-0.05, 0) is 18.6 Å². The van der Waals surface area contributed by atoms with Gasteiger partial charge in [-0.1, -0.05) is 25.1 Å². The summed E-state index contributed by atoms with van der Waals surface area (Å²) in [5.74, 6) is -0.274. The monoisotopic (exact) mass is 219 g/mol. The zero-order chi connectivity index (χ0) is 11.6. The number of ether oxygens (including phenoxy) is 1. The van der Waals surface area contributed by atoms with Gasteiger partial charge in [-0.15, -0.1) is 0 Å². The van der Waals surface area contributed by atoms with Crippen molar-refractivity contribution in [1.29, 1.82) is 0 Å². The Morgan fingerprint density at radius 1 is 1.38 bits per heavy atom. The lowest BCUT2D eigenvalue weighted by atomic mass is 10.2. The highest BCUT2D eigenvalue weighted by Crippen LogP contribution is 2.00. The minimum atomic E-state index is -0.274. The van der Waals surface area contributed by atoms with Crippen LogP contribution in [0.4, 0.5) is 0 Å². The molecule has 0 aliphatic heterocycles. The van der Waals surface area contributed by atoms with E-state index in [9.17, 15) is 4.79 Å². The summed E-state index contributed by atoms with van der Waals surface area (Å²) in [5, 5.41) is 0. The Bertz CT molecular complexity index is 333. The Hall–Kier alpha value is -1.64. The number of nitrogens with zero attached hydrogens (tertiary/aromatic N) is 1. The number of esters is 1. The van der Waals surface area contributed by atoms with Crippen LogP contribution >= 0.6 is 0 Å². The van der Waals surface area contributed by atoms with Gasteiger partial charge in [-0.2, -0.15) is 0 Å². The summed E-state index contributed by atoms with van der Waals surface area (Å²) in [6, 6.07) is 8.99. The van der Waals surface area contributed by atoms with Crippen molar-refractivity contribution < 1.29 is 9.53 Å². The number of hydrogen-bond acceptors (Lipinski definition) is 3. The maximum atomic E-state index is 11.5. The summed E-state index contributed by atoms with van der Waals surface area (Å²) >= 11 is 0. The molecule has 0 saturated heterocycles. The second kappa shape index (κ2) is 7.63. The SMILES string of the molecule is CCCN=CCCOC(=O)c1ccccc1. The fraction of sp³-hybridized carbons (Fsp3) is 0.385. The van der Waals surface area contributed by atoms with Crippen LogP contribution in [0.3, 0.4) is 0 Å². The standard InChI is InChI=1S/C13H17NO2/c1-2-9-14-10-6-11-16-13(15)12-7-4-3-5-8-12/h3-5,7-8,10H,2,6,9,11H2,1H3. The van der Waals surface area contributed by atoms with Gasteiger partial charge >= 0.3 is 5.97 Å². The molecule has 0 aromatic heterocycles. The predicted molar refractivity (Wildman–Crippen MR) is 65.0 cm³/mol. The molecule has 0 N–H and O–H groups in total. The van der Waals surface area contributed by atoms with E-state index >= 15 is 0 Å². The van der Waals surface area contributed by atoms with Crippen molar-refractivity contribution >= 4 is 12.2 Å². The molecule has 16 heavy (non-hydrogen) atoms. The maximum Gasteiger partial charge on any atom is 0.338 e. The van der Waals surface area contributed by atoms with Crippen LogP contribution in [0, 0.1) is 0 Å². The molecule has 0 bridgehead atoms. The fourth-order valence-corrected chi connectivity index (χ4v) is 1.17. The Labute approximate surface area is 96.2 Å². The first kappa shape index (κ1) is 12.4. The van der Waals surface area contributed by atoms with E-state index in [-0.39, 0.29) is 5.97 Å². The Morgan fingerprint density at radius 2 is 2.12 bits per heavy atom. The number of aliphatic imine (C=N–C) groups is 1. The third-order valence-electron chi connectivity index (χ3n) is 1.97. The van der Waals surface area contributed by atoms with Gasteiger partial charge in [0, 0.05) is 19.2 Å². The summed E-state index contributed by atoms with van der Waals surface area (Å²) < 4.78 is 5.08. The van der Waals surface area contributed by atoms with Gasteiger partial charge in [0.2, 0.25) is 0 Å². The largest absolute Gasteiger partial charge is 0.462 e. The molecule has 0 aliphatic rings. The van der Waals surface area contributed by atoms with Gasteiger partial charge in [0.15, 0.2) is 0 Å². The molecule has 0 saturated carbocycles. The molecule has 0 heterocycles. The van der Waals surface area contributed by atoms with E-state index in [1.54, 1.807) is 12.1 Å². The fourth-order valence-electron chi connectivity index (χ4n) is 1.17. The summed E-state index contributed by atoms with van der Waals surface area (Å²) in [6.45, 7) is 3.31. The lowest BCUT2D eigenvalue weighted by Gasteiger charge is -2.01. The van der Waals surface area contributed by atoms with Crippen molar-refractivity contribution in [3.05, 3.63) is 35.9 Å². The molecule has 0 aliphatic carbocycles. The first-order chi connectivity index (χ1) is 7.84. The van der Waals surface area contributed by atoms with Crippen LogP contribution in [-0.4, -0.2) is 25.3 Å². The number of benzene rings is 1. The molecule has 3 nitrogen and oxygen atoms in total. The number of carbonyl (C=O) groups is 1. The molecular weight excluding hydrogens is 202 g/mol. The molecule has 0 spiro atoms. The summed E-state index contributed by atoms with van der Waals surface area (Å²) in [7, 11) is 0. The molecule has 1 rings (SSSR count). The highest BCUT2D eigenvalue weighted by molar-refractivity contribution is 5.89. The molecule has 86 valence electrons. The quantitative estimate of drug-likeness (QED) is 0.419. The van der Waals surface area contributed by atoms with Crippen LogP contribution in [0.1, 0.15) is 30.1 Å². The molecule has 1 aromatic rings. The Kier molecular flexibility index (Phi) is 5.92. The lowest BCUT2D eigenvalue weighted by molar-refractivity contribution is 0.0516. The normalized spacial score (nSPS) is 10.6. The minimum absolute atomic E-state index is 0.274. The topological polar surface area (TPSA) is 38.7 Å². The van der Waals surface area contributed by atoms with Crippen molar-refractivity contribution in [2.24, 2.45) is 4.99 Å². The second-order valence-electron chi connectivity index (χ2n) is 3.38. The van der Waals surface area contributed by atoms with Crippen molar-refractivity contribution in [2.75, 3.05) is 13.2 Å². The van der Waals surface area contributed by atoms with Gasteiger partial charge < -0.3 is 4.74 Å². The van der Waals surface area contributed by atoms with E-state index in [0.717, 1.165) is 13.0 Å². The average molecular weight is 219 g/mol. The first-order valence-corrected chi connectivity index (χ1v) is 5.55. The molecule has 1 aromatic carbocycles. The van der Waals surface area contributed by atoms with Crippen molar-refractivity contribution in [3.8, 4) is 0 Å².